The molecule has 2 aromatic carbocycles. The van der Waals surface area contributed by atoms with Gasteiger partial charge in [0.25, 0.3) is 5.91 Å². The van der Waals surface area contributed by atoms with Crippen LogP contribution in [-0.4, -0.2) is 16.9 Å². The lowest BCUT2D eigenvalue weighted by atomic mass is 10.1. The van der Waals surface area contributed by atoms with Crippen LogP contribution in [-0.2, 0) is 4.79 Å². The third kappa shape index (κ3) is 2.72. The van der Waals surface area contributed by atoms with Crippen molar-refractivity contribution in [3.63, 3.8) is 0 Å². The lowest BCUT2D eigenvalue weighted by molar-refractivity contribution is -0.115. The van der Waals surface area contributed by atoms with Crippen LogP contribution >= 0.6 is 0 Å². The molecule has 1 aromatic heterocycles. The first kappa shape index (κ1) is 13.3. The van der Waals surface area contributed by atoms with Crippen LogP contribution in [0.3, 0.4) is 0 Å². The highest BCUT2D eigenvalue weighted by atomic mass is 16.2. The molecule has 3 aromatic rings. The summed E-state index contributed by atoms with van der Waals surface area (Å²) in [6.07, 6.45) is 3.67. The molecule has 2 heterocycles. The van der Waals surface area contributed by atoms with Crippen molar-refractivity contribution in [3.05, 3.63) is 72.1 Å². The highest BCUT2D eigenvalue weighted by molar-refractivity contribution is 6.17. The molecule has 0 radical (unpaired) electrons. The van der Waals surface area contributed by atoms with Gasteiger partial charge in [-0.3, -0.25) is 10.1 Å². The molecule has 5 nitrogen and oxygen atoms in total. The van der Waals surface area contributed by atoms with Crippen LogP contribution < -0.4 is 10.6 Å². The van der Waals surface area contributed by atoms with E-state index in [1.807, 2.05) is 60.8 Å². The average molecular weight is 302 g/mol. The summed E-state index contributed by atoms with van der Waals surface area (Å²) in [6.45, 7) is 0. The molecule has 0 aliphatic carbocycles. The number of benzene rings is 2. The Balaban J connectivity index is 1.61. The Bertz CT molecular complexity index is 938. The first-order valence-corrected chi connectivity index (χ1v) is 7.29. The molecular formula is C18H14N4O. The molecule has 0 atom stereocenters. The van der Waals surface area contributed by atoms with Crippen molar-refractivity contribution in [2.75, 3.05) is 5.32 Å². The Morgan fingerprint density at radius 2 is 1.91 bits per heavy atom. The number of aliphatic imine (C=N–C) groups is 1. The first-order valence-electron chi connectivity index (χ1n) is 7.29. The maximum Gasteiger partial charge on any atom is 0.276 e. The van der Waals surface area contributed by atoms with E-state index in [9.17, 15) is 4.79 Å². The van der Waals surface area contributed by atoms with Crippen LogP contribution in [0, 0.1) is 0 Å². The van der Waals surface area contributed by atoms with Crippen molar-refractivity contribution in [1.82, 2.24) is 10.3 Å². The van der Waals surface area contributed by atoms with Crippen molar-refractivity contribution in [2.24, 2.45) is 4.99 Å². The molecule has 0 unspecified atom stereocenters. The van der Waals surface area contributed by atoms with Gasteiger partial charge in [-0.25, -0.2) is 4.99 Å². The third-order valence-corrected chi connectivity index (χ3v) is 3.61. The summed E-state index contributed by atoms with van der Waals surface area (Å²) >= 11 is 0. The Morgan fingerprint density at radius 3 is 2.78 bits per heavy atom. The van der Waals surface area contributed by atoms with Gasteiger partial charge in [-0.1, -0.05) is 24.3 Å². The molecule has 1 aliphatic rings. The van der Waals surface area contributed by atoms with Gasteiger partial charge in [0.2, 0.25) is 5.96 Å². The zero-order chi connectivity index (χ0) is 15.6. The van der Waals surface area contributed by atoms with Crippen molar-refractivity contribution in [2.45, 2.75) is 0 Å². The standard InChI is InChI=1S/C18H14N4O/c23-17-16(11-12-6-7-15-13(10-12)8-9-19-15)21-18(22-17)20-14-4-2-1-3-5-14/h1-11,19H,(H2,20,21,22,23)/b16-11-. The van der Waals surface area contributed by atoms with Gasteiger partial charge >= 0.3 is 0 Å². The topological polar surface area (TPSA) is 69.3 Å². The van der Waals surface area contributed by atoms with E-state index in [-0.39, 0.29) is 5.91 Å². The van der Waals surface area contributed by atoms with Gasteiger partial charge in [-0.05, 0) is 47.4 Å². The largest absolute Gasteiger partial charge is 0.361 e. The van der Waals surface area contributed by atoms with Gasteiger partial charge in [-0.15, -0.1) is 0 Å². The normalized spacial score (nSPS) is 15.7. The molecular weight excluding hydrogens is 288 g/mol. The predicted molar refractivity (Wildman–Crippen MR) is 91.9 cm³/mol. The smallest absolute Gasteiger partial charge is 0.276 e. The monoisotopic (exact) mass is 302 g/mol. The van der Waals surface area contributed by atoms with Crippen LogP contribution in [0.4, 0.5) is 5.69 Å². The lowest BCUT2D eigenvalue weighted by Crippen LogP contribution is -2.29. The maximum atomic E-state index is 12.1. The molecule has 0 spiro atoms. The Labute approximate surface area is 132 Å². The highest BCUT2D eigenvalue weighted by Crippen LogP contribution is 2.18. The molecule has 5 heteroatoms. The molecule has 0 bridgehead atoms. The van der Waals surface area contributed by atoms with E-state index < -0.39 is 0 Å². The fraction of sp³-hybridized carbons (Fsp3) is 0. The number of para-hydroxylation sites is 1. The van der Waals surface area contributed by atoms with Gasteiger partial charge in [0.1, 0.15) is 5.70 Å². The molecule has 4 rings (SSSR count). The van der Waals surface area contributed by atoms with E-state index >= 15 is 0 Å². The maximum absolute atomic E-state index is 12.1. The number of carbonyl (C=O) groups excluding carboxylic acids is 1. The number of nitrogens with zero attached hydrogens (tertiary/aromatic N) is 1. The molecule has 3 N–H and O–H groups in total. The van der Waals surface area contributed by atoms with Gasteiger partial charge in [-0.2, -0.15) is 0 Å². The van der Waals surface area contributed by atoms with Crippen LogP contribution in [0.2, 0.25) is 0 Å². The number of anilines is 1. The molecule has 23 heavy (non-hydrogen) atoms. The number of nitrogens with one attached hydrogen (secondary N) is 3. The van der Waals surface area contributed by atoms with E-state index in [1.165, 1.54) is 0 Å². The van der Waals surface area contributed by atoms with Crippen LogP contribution in [0.5, 0.6) is 0 Å². The van der Waals surface area contributed by atoms with E-state index in [0.29, 0.717) is 11.7 Å². The van der Waals surface area contributed by atoms with Gasteiger partial charge in [0, 0.05) is 17.4 Å². The summed E-state index contributed by atoms with van der Waals surface area (Å²) in [6, 6.07) is 17.6. The average Bonchev–Trinajstić information content (AvgIpc) is 3.15. The van der Waals surface area contributed by atoms with Crippen molar-refractivity contribution in [3.8, 4) is 0 Å². The zero-order valence-electron chi connectivity index (χ0n) is 12.2. The summed E-state index contributed by atoms with van der Waals surface area (Å²) in [5.41, 5.74) is 3.27. The van der Waals surface area contributed by atoms with E-state index in [2.05, 4.69) is 20.6 Å². The summed E-state index contributed by atoms with van der Waals surface area (Å²) in [5.74, 6) is 0.229. The molecule has 0 fully saturated rings. The first-order chi connectivity index (χ1) is 11.3. The fourth-order valence-corrected chi connectivity index (χ4v) is 2.51. The van der Waals surface area contributed by atoms with Crippen LogP contribution in [0.15, 0.2) is 71.5 Å². The van der Waals surface area contributed by atoms with Crippen molar-refractivity contribution >= 4 is 34.5 Å². The van der Waals surface area contributed by atoms with E-state index in [0.717, 1.165) is 22.2 Å². The minimum Gasteiger partial charge on any atom is -0.361 e. The van der Waals surface area contributed by atoms with Crippen LogP contribution in [0.1, 0.15) is 5.56 Å². The summed E-state index contributed by atoms with van der Waals surface area (Å²) in [5, 5.41) is 6.92. The summed E-state index contributed by atoms with van der Waals surface area (Å²) < 4.78 is 0. The SMILES string of the molecule is O=C1NC(Nc2ccccc2)=N/C1=C\c1ccc2[nH]ccc2c1. The second kappa shape index (κ2) is 5.46. The number of carbonyl (C=O) groups is 1. The van der Waals surface area contributed by atoms with E-state index in [4.69, 9.17) is 0 Å². The fourth-order valence-electron chi connectivity index (χ4n) is 2.51. The molecule has 0 saturated heterocycles. The zero-order valence-corrected chi connectivity index (χ0v) is 12.2. The Kier molecular flexibility index (Phi) is 3.16. The Hall–Kier alpha value is -3.34. The number of aromatic amines is 1. The molecule has 112 valence electrons. The van der Waals surface area contributed by atoms with Gasteiger partial charge in [0.15, 0.2) is 0 Å². The number of fused-ring (bicyclic) bond motifs is 1. The summed E-state index contributed by atoms with van der Waals surface area (Å²) in [4.78, 5) is 19.5. The number of amides is 1. The highest BCUT2D eigenvalue weighted by Gasteiger charge is 2.19. The number of aromatic nitrogens is 1. The molecule has 1 aliphatic heterocycles. The van der Waals surface area contributed by atoms with Crippen LogP contribution in [0.25, 0.3) is 17.0 Å². The van der Waals surface area contributed by atoms with Crippen molar-refractivity contribution in [1.29, 1.82) is 0 Å². The minimum atomic E-state index is -0.211. The van der Waals surface area contributed by atoms with Crippen molar-refractivity contribution < 1.29 is 4.79 Å². The number of guanidine groups is 1. The Morgan fingerprint density at radius 1 is 1.04 bits per heavy atom. The summed E-state index contributed by atoms with van der Waals surface area (Å²) in [7, 11) is 0. The number of hydrogen-bond donors (Lipinski definition) is 3. The number of rotatable bonds is 2. The number of H-pyrrole nitrogens is 1. The predicted octanol–water partition coefficient (Wildman–Crippen LogP) is 3.11. The third-order valence-electron chi connectivity index (χ3n) is 3.61. The second-order valence-electron chi connectivity index (χ2n) is 5.26. The molecule has 1 amide bonds. The quantitative estimate of drug-likeness (QED) is 0.637. The molecule has 0 saturated carbocycles. The van der Waals surface area contributed by atoms with Gasteiger partial charge in [0.05, 0.1) is 0 Å². The minimum absolute atomic E-state index is 0.211. The number of hydrogen-bond acceptors (Lipinski definition) is 3. The second-order valence-corrected chi connectivity index (χ2v) is 5.26. The van der Waals surface area contributed by atoms with Gasteiger partial charge < -0.3 is 10.3 Å². The van der Waals surface area contributed by atoms with E-state index in [1.54, 1.807) is 6.08 Å². The lowest BCUT2D eigenvalue weighted by Gasteiger charge is -2.03.